The first-order valence-electron chi connectivity index (χ1n) is 4.79. The maximum atomic E-state index is 11.5. The zero-order chi connectivity index (χ0) is 10.9. The van der Waals surface area contributed by atoms with Gasteiger partial charge in [-0.3, -0.25) is 9.59 Å². The molecular formula is C10H17NO3. The molecule has 1 rings (SSSR count). The van der Waals surface area contributed by atoms with Crippen LogP contribution in [0.5, 0.6) is 0 Å². The van der Waals surface area contributed by atoms with Crippen LogP contribution in [0, 0.1) is 5.92 Å². The van der Waals surface area contributed by atoms with Crippen LogP contribution in [0.2, 0.25) is 0 Å². The van der Waals surface area contributed by atoms with Gasteiger partial charge >= 0.3 is 5.97 Å². The Morgan fingerprint density at radius 1 is 1.50 bits per heavy atom. The van der Waals surface area contributed by atoms with Gasteiger partial charge in [-0.1, -0.05) is 0 Å². The molecule has 80 valence electrons. The zero-order valence-electron chi connectivity index (χ0n) is 9.16. The molecule has 1 aliphatic rings. The predicted octanol–water partition coefficient (Wildman–Crippen LogP) is 0.806. The van der Waals surface area contributed by atoms with Crippen molar-refractivity contribution in [1.29, 1.82) is 0 Å². The van der Waals surface area contributed by atoms with Gasteiger partial charge in [-0.2, -0.15) is 0 Å². The Kier molecular flexibility index (Phi) is 2.83. The molecule has 1 saturated heterocycles. The lowest BCUT2D eigenvalue weighted by molar-refractivity contribution is -0.162. The first-order valence-corrected chi connectivity index (χ1v) is 4.79. The van der Waals surface area contributed by atoms with Crippen molar-refractivity contribution in [3.63, 3.8) is 0 Å². The van der Waals surface area contributed by atoms with Crippen LogP contribution in [-0.2, 0) is 14.3 Å². The number of hydrogen-bond donors (Lipinski definition) is 0. The van der Waals surface area contributed by atoms with E-state index in [1.165, 1.54) is 0 Å². The molecule has 1 atom stereocenters. The van der Waals surface area contributed by atoms with Gasteiger partial charge in [-0.05, 0) is 27.2 Å². The van der Waals surface area contributed by atoms with Crippen molar-refractivity contribution in [1.82, 2.24) is 4.90 Å². The Balaban J connectivity index is 2.59. The maximum Gasteiger partial charge on any atom is 0.319 e. The summed E-state index contributed by atoms with van der Waals surface area (Å²) in [5.41, 5.74) is -0.515. The number of likely N-dealkylation sites (tertiary alicyclic amines) is 1. The Bertz CT molecular complexity index is 255. The van der Waals surface area contributed by atoms with Gasteiger partial charge in [0.25, 0.3) is 0 Å². The number of nitrogens with zero attached hydrogens (tertiary/aromatic N) is 1. The number of hydrogen-bond acceptors (Lipinski definition) is 3. The number of ether oxygens (including phenoxy) is 1. The quantitative estimate of drug-likeness (QED) is 0.463. The fourth-order valence-corrected chi connectivity index (χ4v) is 1.41. The molecule has 0 saturated carbocycles. The van der Waals surface area contributed by atoms with E-state index >= 15 is 0 Å². The monoisotopic (exact) mass is 199 g/mol. The third-order valence-corrected chi connectivity index (χ3v) is 2.12. The van der Waals surface area contributed by atoms with Crippen LogP contribution in [0.3, 0.4) is 0 Å². The minimum atomic E-state index is -0.584. The van der Waals surface area contributed by atoms with Crippen molar-refractivity contribution in [2.75, 3.05) is 13.6 Å². The second-order valence-electron chi connectivity index (χ2n) is 4.63. The molecule has 0 aromatic carbocycles. The molecule has 0 aromatic heterocycles. The molecule has 1 heterocycles. The lowest BCUT2D eigenvalue weighted by Gasteiger charge is -2.21. The molecule has 0 aliphatic carbocycles. The molecule has 14 heavy (non-hydrogen) atoms. The van der Waals surface area contributed by atoms with Crippen LogP contribution in [-0.4, -0.2) is 36.0 Å². The van der Waals surface area contributed by atoms with E-state index < -0.39 is 17.5 Å². The summed E-state index contributed by atoms with van der Waals surface area (Å²) < 4.78 is 5.15. The fourth-order valence-electron chi connectivity index (χ4n) is 1.41. The van der Waals surface area contributed by atoms with Crippen molar-refractivity contribution >= 4 is 11.9 Å². The zero-order valence-corrected chi connectivity index (χ0v) is 9.16. The Hall–Kier alpha value is -1.06. The maximum absolute atomic E-state index is 11.5. The normalized spacial score (nSPS) is 22.7. The third kappa shape index (κ3) is 2.47. The van der Waals surface area contributed by atoms with Gasteiger partial charge in [-0.25, -0.2) is 0 Å². The molecule has 1 aliphatic heterocycles. The molecular weight excluding hydrogens is 182 g/mol. The third-order valence-electron chi connectivity index (χ3n) is 2.12. The second kappa shape index (κ2) is 3.59. The Labute approximate surface area is 84.2 Å². The van der Waals surface area contributed by atoms with E-state index in [2.05, 4.69) is 0 Å². The minimum Gasteiger partial charge on any atom is -0.459 e. The minimum absolute atomic E-state index is 0.126. The first-order chi connectivity index (χ1) is 6.31. The summed E-state index contributed by atoms with van der Waals surface area (Å²) in [6, 6.07) is 0. The number of carbonyl (C=O) groups is 2. The average molecular weight is 199 g/mol. The molecule has 4 nitrogen and oxygen atoms in total. The summed E-state index contributed by atoms with van der Waals surface area (Å²) in [4.78, 5) is 24.6. The van der Waals surface area contributed by atoms with Crippen LogP contribution >= 0.6 is 0 Å². The summed E-state index contributed by atoms with van der Waals surface area (Å²) in [5.74, 6) is -1.11. The van der Waals surface area contributed by atoms with E-state index in [1.54, 1.807) is 32.7 Å². The summed E-state index contributed by atoms with van der Waals surface area (Å²) in [5, 5.41) is 0. The van der Waals surface area contributed by atoms with Gasteiger partial charge in [-0.15, -0.1) is 0 Å². The van der Waals surface area contributed by atoms with E-state index in [0.29, 0.717) is 13.0 Å². The largest absolute Gasteiger partial charge is 0.459 e. The highest BCUT2D eigenvalue weighted by Crippen LogP contribution is 2.20. The lowest BCUT2D eigenvalue weighted by Crippen LogP contribution is -2.33. The highest BCUT2D eigenvalue weighted by Gasteiger charge is 2.37. The molecule has 4 heteroatoms. The van der Waals surface area contributed by atoms with E-state index in [4.69, 9.17) is 4.74 Å². The van der Waals surface area contributed by atoms with Crippen molar-refractivity contribution in [2.24, 2.45) is 5.92 Å². The standard InChI is InChI=1S/C10H17NO3/c1-10(2,3)14-9(13)7-5-6-11(4)8(7)12/h7H,5-6H2,1-4H3/t7-/m1/s1. The molecule has 0 spiro atoms. The SMILES string of the molecule is CN1CC[C@@H](C(=O)OC(C)(C)C)C1=O. The Morgan fingerprint density at radius 3 is 2.43 bits per heavy atom. The molecule has 0 bridgehead atoms. The van der Waals surface area contributed by atoms with Gasteiger partial charge < -0.3 is 9.64 Å². The van der Waals surface area contributed by atoms with Gasteiger partial charge in [0.1, 0.15) is 11.5 Å². The second-order valence-corrected chi connectivity index (χ2v) is 4.63. The number of amides is 1. The van der Waals surface area contributed by atoms with Gasteiger partial charge in [0, 0.05) is 13.6 Å². The number of rotatable bonds is 1. The van der Waals surface area contributed by atoms with Crippen LogP contribution in [0.4, 0.5) is 0 Å². The molecule has 0 unspecified atom stereocenters. The van der Waals surface area contributed by atoms with E-state index in [9.17, 15) is 9.59 Å². The summed E-state index contributed by atoms with van der Waals surface area (Å²) >= 11 is 0. The van der Waals surface area contributed by atoms with Crippen molar-refractivity contribution in [2.45, 2.75) is 32.8 Å². The van der Waals surface area contributed by atoms with E-state index in [1.807, 2.05) is 0 Å². The van der Waals surface area contributed by atoms with Crippen LogP contribution in [0.25, 0.3) is 0 Å². The van der Waals surface area contributed by atoms with E-state index in [0.717, 1.165) is 0 Å². The van der Waals surface area contributed by atoms with Crippen LogP contribution < -0.4 is 0 Å². The first kappa shape index (κ1) is 11.0. The summed E-state index contributed by atoms with van der Waals surface area (Å²) in [7, 11) is 1.70. The molecule has 0 aromatic rings. The number of carbonyl (C=O) groups excluding carboxylic acids is 2. The van der Waals surface area contributed by atoms with Crippen molar-refractivity contribution in [3.05, 3.63) is 0 Å². The van der Waals surface area contributed by atoms with Crippen molar-refractivity contribution < 1.29 is 14.3 Å². The summed E-state index contributed by atoms with van der Waals surface area (Å²) in [6.45, 7) is 6.04. The fraction of sp³-hybridized carbons (Fsp3) is 0.800. The van der Waals surface area contributed by atoms with Crippen molar-refractivity contribution in [3.8, 4) is 0 Å². The molecule has 0 radical (unpaired) electrons. The lowest BCUT2D eigenvalue weighted by atomic mass is 10.1. The topological polar surface area (TPSA) is 46.6 Å². The van der Waals surface area contributed by atoms with Crippen LogP contribution in [0.15, 0.2) is 0 Å². The molecule has 0 N–H and O–H groups in total. The summed E-state index contributed by atoms with van der Waals surface area (Å²) in [6.07, 6.45) is 0.574. The van der Waals surface area contributed by atoms with E-state index in [-0.39, 0.29) is 5.91 Å². The average Bonchev–Trinajstić information content (AvgIpc) is 2.29. The highest BCUT2D eigenvalue weighted by molar-refractivity contribution is 5.99. The van der Waals surface area contributed by atoms with Crippen LogP contribution in [0.1, 0.15) is 27.2 Å². The molecule has 1 amide bonds. The van der Waals surface area contributed by atoms with Gasteiger partial charge in [0.2, 0.25) is 5.91 Å². The number of esters is 1. The smallest absolute Gasteiger partial charge is 0.319 e. The van der Waals surface area contributed by atoms with Gasteiger partial charge in [0.15, 0.2) is 0 Å². The van der Waals surface area contributed by atoms with Gasteiger partial charge in [0.05, 0.1) is 0 Å². The molecule has 1 fully saturated rings. The Morgan fingerprint density at radius 2 is 2.07 bits per heavy atom. The highest BCUT2D eigenvalue weighted by atomic mass is 16.6. The predicted molar refractivity (Wildman–Crippen MR) is 51.6 cm³/mol.